The molecule has 1 saturated heterocycles. The van der Waals surface area contributed by atoms with Crippen LogP contribution in [0.4, 0.5) is 0 Å². The SMILES string of the molecule is CN(CC(=O)N1CCC(C)(CN)C1)C(=O)c1cccs1. The van der Waals surface area contributed by atoms with E-state index in [0.717, 1.165) is 13.0 Å². The molecule has 2 N–H and O–H groups in total. The lowest BCUT2D eigenvalue weighted by Gasteiger charge is -2.24. The Balaban J connectivity index is 1.90. The van der Waals surface area contributed by atoms with E-state index in [1.807, 2.05) is 16.3 Å². The van der Waals surface area contributed by atoms with Gasteiger partial charge in [0.1, 0.15) is 0 Å². The largest absolute Gasteiger partial charge is 0.341 e. The van der Waals surface area contributed by atoms with Gasteiger partial charge in [-0.2, -0.15) is 0 Å². The van der Waals surface area contributed by atoms with Gasteiger partial charge in [-0.15, -0.1) is 11.3 Å². The minimum Gasteiger partial charge on any atom is -0.341 e. The zero-order valence-electron chi connectivity index (χ0n) is 12.0. The molecule has 2 amide bonds. The third-order valence-electron chi connectivity index (χ3n) is 3.85. The molecule has 0 aliphatic carbocycles. The number of carbonyl (C=O) groups excluding carboxylic acids is 2. The first-order valence-electron chi connectivity index (χ1n) is 6.72. The van der Waals surface area contributed by atoms with Gasteiger partial charge in [0.25, 0.3) is 5.91 Å². The predicted molar refractivity (Wildman–Crippen MR) is 79.6 cm³/mol. The van der Waals surface area contributed by atoms with Crippen molar-refractivity contribution in [2.24, 2.45) is 11.1 Å². The van der Waals surface area contributed by atoms with Crippen molar-refractivity contribution in [3.05, 3.63) is 22.4 Å². The Morgan fingerprint density at radius 3 is 2.85 bits per heavy atom. The molecule has 2 rings (SSSR count). The average Bonchev–Trinajstić information content (AvgIpc) is 3.07. The van der Waals surface area contributed by atoms with E-state index in [0.29, 0.717) is 18.0 Å². The van der Waals surface area contributed by atoms with Crippen molar-refractivity contribution in [2.45, 2.75) is 13.3 Å². The van der Waals surface area contributed by atoms with Gasteiger partial charge in [-0.05, 0) is 29.8 Å². The van der Waals surface area contributed by atoms with Gasteiger partial charge in [0.2, 0.25) is 5.91 Å². The Bertz CT molecular complexity index is 489. The van der Waals surface area contributed by atoms with Crippen LogP contribution in [0, 0.1) is 5.41 Å². The molecule has 0 radical (unpaired) electrons. The number of likely N-dealkylation sites (N-methyl/N-ethyl adjacent to an activating group) is 1. The monoisotopic (exact) mass is 295 g/mol. The maximum atomic E-state index is 12.2. The molecule has 1 atom stereocenters. The highest BCUT2D eigenvalue weighted by Crippen LogP contribution is 2.28. The molecule has 1 fully saturated rings. The number of rotatable bonds is 4. The Labute approximate surface area is 123 Å². The maximum absolute atomic E-state index is 12.2. The van der Waals surface area contributed by atoms with E-state index in [1.165, 1.54) is 16.2 Å². The molecule has 1 aliphatic heterocycles. The Morgan fingerprint density at radius 1 is 1.55 bits per heavy atom. The van der Waals surface area contributed by atoms with Crippen LogP contribution < -0.4 is 5.73 Å². The van der Waals surface area contributed by atoms with Crippen molar-refractivity contribution in [1.82, 2.24) is 9.80 Å². The van der Waals surface area contributed by atoms with Crippen molar-refractivity contribution in [1.29, 1.82) is 0 Å². The molecule has 0 aromatic carbocycles. The summed E-state index contributed by atoms with van der Waals surface area (Å²) in [7, 11) is 1.66. The minimum atomic E-state index is -0.103. The third kappa shape index (κ3) is 3.19. The molecule has 1 aromatic rings. The van der Waals surface area contributed by atoms with Gasteiger partial charge < -0.3 is 15.5 Å². The summed E-state index contributed by atoms with van der Waals surface area (Å²) in [6.07, 6.45) is 0.928. The molecule has 0 saturated carbocycles. The number of nitrogens with zero attached hydrogens (tertiary/aromatic N) is 2. The topological polar surface area (TPSA) is 66.6 Å². The number of likely N-dealkylation sites (tertiary alicyclic amines) is 1. The lowest BCUT2D eigenvalue weighted by atomic mass is 9.90. The van der Waals surface area contributed by atoms with Crippen molar-refractivity contribution in [2.75, 3.05) is 33.2 Å². The van der Waals surface area contributed by atoms with Crippen LogP contribution in [0.3, 0.4) is 0 Å². The molecular formula is C14H21N3O2S. The molecule has 5 nitrogen and oxygen atoms in total. The zero-order valence-corrected chi connectivity index (χ0v) is 12.8. The van der Waals surface area contributed by atoms with E-state index in [9.17, 15) is 9.59 Å². The highest BCUT2D eigenvalue weighted by molar-refractivity contribution is 7.12. The Morgan fingerprint density at radius 2 is 2.30 bits per heavy atom. The van der Waals surface area contributed by atoms with Crippen LogP contribution in [0.15, 0.2) is 17.5 Å². The number of amides is 2. The molecule has 1 aromatic heterocycles. The number of thiophene rings is 1. The van der Waals surface area contributed by atoms with E-state index in [2.05, 4.69) is 6.92 Å². The fourth-order valence-corrected chi connectivity index (χ4v) is 3.08. The first-order valence-corrected chi connectivity index (χ1v) is 7.60. The maximum Gasteiger partial charge on any atom is 0.264 e. The van der Waals surface area contributed by atoms with E-state index < -0.39 is 0 Å². The highest BCUT2D eigenvalue weighted by atomic mass is 32.1. The van der Waals surface area contributed by atoms with Crippen LogP contribution in [-0.4, -0.2) is 54.8 Å². The number of hydrogen-bond donors (Lipinski definition) is 1. The summed E-state index contributed by atoms with van der Waals surface area (Å²) in [5, 5.41) is 1.86. The fourth-order valence-electron chi connectivity index (χ4n) is 2.37. The molecule has 2 heterocycles. The summed E-state index contributed by atoms with van der Waals surface area (Å²) < 4.78 is 0. The summed E-state index contributed by atoms with van der Waals surface area (Å²) in [6, 6.07) is 3.61. The average molecular weight is 295 g/mol. The molecule has 110 valence electrons. The number of nitrogens with two attached hydrogens (primary N) is 1. The number of carbonyl (C=O) groups is 2. The van der Waals surface area contributed by atoms with Crippen molar-refractivity contribution in [3.63, 3.8) is 0 Å². The summed E-state index contributed by atoms with van der Waals surface area (Å²) in [6.45, 7) is 4.22. The van der Waals surface area contributed by atoms with Crippen LogP contribution >= 0.6 is 11.3 Å². The van der Waals surface area contributed by atoms with Crippen LogP contribution in [0.1, 0.15) is 23.0 Å². The van der Waals surface area contributed by atoms with Gasteiger partial charge in [0, 0.05) is 20.1 Å². The van der Waals surface area contributed by atoms with Crippen LogP contribution in [0.5, 0.6) is 0 Å². The first kappa shape index (κ1) is 15.0. The predicted octanol–water partition coefficient (Wildman–Crippen LogP) is 1.02. The van der Waals surface area contributed by atoms with Gasteiger partial charge in [0.15, 0.2) is 0 Å². The van der Waals surface area contributed by atoms with E-state index in [4.69, 9.17) is 5.73 Å². The van der Waals surface area contributed by atoms with Gasteiger partial charge >= 0.3 is 0 Å². The quantitative estimate of drug-likeness (QED) is 0.902. The standard InChI is InChI=1S/C14H21N3O2S/c1-14(9-15)5-6-17(10-14)12(18)8-16(2)13(19)11-4-3-7-20-11/h3-4,7H,5-6,8-10,15H2,1-2H3. The van der Waals surface area contributed by atoms with Crippen LogP contribution in [0.2, 0.25) is 0 Å². The van der Waals surface area contributed by atoms with Gasteiger partial charge in [0.05, 0.1) is 11.4 Å². The molecule has 0 spiro atoms. The first-order chi connectivity index (χ1) is 9.45. The summed E-state index contributed by atoms with van der Waals surface area (Å²) in [5.74, 6) is -0.108. The van der Waals surface area contributed by atoms with Gasteiger partial charge in [-0.25, -0.2) is 0 Å². The van der Waals surface area contributed by atoms with Gasteiger partial charge in [-0.1, -0.05) is 13.0 Å². The van der Waals surface area contributed by atoms with Crippen LogP contribution in [-0.2, 0) is 4.79 Å². The molecule has 20 heavy (non-hydrogen) atoms. The Hall–Kier alpha value is -1.40. The molecule has 1 unspecified atom stereocenters. The third-order valence-corrected chi connectivity index (χ3v) is 4.71. The van der Waals surface area contributed by atoms with E-state index in [-0.39, 0.29) is 23.8 Å². The molecule has 6 heteroatoms. The lowest BCUT2D eigenvalue weighted by Crippen LogP contribution is -2.41. The fraction of sp³-hybridized carbons (Fsp3) is 0.571. The summed E-state index contributed by atoms with van der Waals surface area (Å²) >= 11 is 1.39. The second-order valence-corrected chi connectivity index (χ2v) is 6.67. The van der Waals surface area contributed by atoms with E-state index >= 15 is 0 Å². The second-order valence-electron chi connectivity index (χ2n) is 5.72. The second kappa shape index (κ2) is 5.93. The Kier molecular flexibility index (Phi) is 4.45. The van der Waals surface area contributed by atoms with Crippen LogP contribution in [0.25, 0.3) is 0 Å². The zero-order chi connectivity index (χ0) is 14.8. The van der Waals surface area contributed by atoms with Gasteiger partial charge in [-0.3, -0.25) is 9.59 Å². The van der Waals surface area contributed by atoms with E-state index in [1.54, 1.807) is 13.1 Å². The smallest absolute Gasteiger partial charge is 0.264 e. The lowest BCUT2D eigenvalue weighted by molar-refractivity contribution is -0.131. The minimum absolute atomic E-state index is 0.00502. The van der Waals surface area contributed by atoms with Crippen molar-refractivity contribution in [3.8, 4) is 0 Å². The molecule has 0 bridgehead atoms. The molecule has 1 aliphatic rings. The molecular weight excluding hydrogens is 274 g/mol. The van der Waals surface area contributed by atoms with Crippen molar-refractivity contribution >= 4 is 23.2 Å². The highest BCUT2D eigenvalue weighted by Gasteiger charge is 2.35. The normalized spacial score (nSPS) is 22.1. The van der Waals surface area contributed by atoms with Crippen molar-refractivity contribution < 1.29 is 9.59 Å². The number of hydrogen-bond acceptors (Lipinski definition) is 4. The summed E-state index contributed by atoms with van der Waals surface area (Å²) in [4.78, 5) is 28.3. The summed E-state index contributed by atoms with van der Waals surface area (Å²) in [5.41, 5.74) is 5.76.